The van der Waals surface area contributed by atoms with Crippen molar-refractivity contribution < 1.29 is 23.7 Å². The molecule has 3 aliphatic rings. The Labute approximate surface area is 186 Å². The average molecular weight is 428 g/mol. The van der Waals surface area contributed by atoms with E-state index in [2.05, 4.69) is 30.3 Å². The predicted molar refractivity (Wildman–Crippen MR) is 120 cm³/mol. The summed E-state index contributed by atoms with van der Waals surface area (Å²) >= 11 is 0. The Hall–Kier alpha value is -3.47. The van der Waals surface area contributed by atoms with E-state index < -0.39 is 10.8 Å². The Balaban J connectivity index is 1.77. The molecule has 3 aromatic carbocycles. The van der Waals surface area contributed by atoms with Gasteiger partial charge in [-0.05, 0) is 64.9 Å². The Morgan fingerprint density at radius 3 is 1.91 bits per heavy atom. The number of methoxy groups -OCH3 is 4. The van der Waals surface area contributed by atoms with Crippen LogP contribution in [0.5, 0.6) is 23.0 Å². The normalized spacial score (nSPS) is 23.7. The third kappa shape index (κ3) is 1.94. The van der Waals surface area contributed by atoms with Crippen molar-refractivity contribution in [1.29, 1.82) is 0 Å². The van der Waals surface area contributed by atoms with E-state index in [-0.39, 0.29) is 5.78 Å². The lowest BCUT2D eigenvalue weighted by molar-refractivity contribution is 0.0790. The second-order valence-corrected chi connectivity index (χ2v) is 8.79. The van der Waals surface area contributed by atoms with E-state index in [1.165, 1.54) is 11.1 Å². The van der Waals surface area contributed by atoms with Gasteiger partial charge in [0.15, 0.2) is 28.8 Å². The van der Waals surface area contributed by atoms with E-state index in [9.17, 15) is 4.79 Å². The zero-order valence-corrected chi connectivity index (χ0v) is 18.6. The number of Topliss-reactive ketones (excluding diaryl/α,β-unsaturated/α-hetero) is 1. The summed E-state index contributed by atoms with van der Waals surface area (Å²) in [6, 6.07) is 16.4. The van der Waals surface area contributed by atoms with Crippen molar-refractivity contribution in [3.8, 4) is 23.0 Å². The van der Waals surface area contributed by atoms with Crippen LogP contribution < -0.4 is 18.9 Å². The van der Waals surface area contributed by atoms with Crippen molar-refractivity contribution in [2.45, 2.75) is 18.3 Å². The van der Waals surface area contributed by atoms with Gasteiger partial charge < -0.3 is 18.9 Å². The fraction of sp³-hybridized carbons (Fsp3) is 0.296. The van der Waals surface area contributed by atoms with Crippen LogP contribution in [-0.4, -0.2) is 34.2 Å². The molecular weight excluding hydrogens is 404 g/mol. The van der Waals surface area contributed by atoms with Gasteiger partial charge in [0, 0.05) is 5.56 Å². The van der Waals surface area contributed by atoms with Gasteiger partial charge in [-0.3, -0.25) is 4.79 Å². The molecule has 32 heavy (non-hydrogen) atoms. The number of fused-ring (bicyclic) bond motifs is 3. The molecule has 0 saturated heterocycles. The maximum Gasteiger partial charge on any atom is 0.171 e. The highest BCUT2D eigenvalue weighted by atomic mass is 16.5. The number of carbonyl (C=O) groups excluding carboxylic acids is 1. The summed E-state index contributed by atoms with van der Waals surface area (Å²) in [5.74, 6) is 2.72. The molecule has 3 aliphatic carbocycles. The molecule has 5 nitrogen and oxygen atoms in total. The number of hydrogen-bond donors (Lipinski definition) is 0. The zero-order chi connectivity index (χ0) is 22.3. The first-order chi connectivity index (χ1) is 15.5. The molecule has 0 amide bonds. The van der Waals surface area contributed by atoms with E-state index in [0.29, 0.717) is 35.8 Å². The zero-order valence-electron chi connectivity index (χ0n) is 18.6. The van der Waals surface area contributed by atoms with E-state index in [1.54, 1.807) is 28.4 Å². The van der Waals surface area contributed by atoms with Crippen LogP contribution in [0.3, 0.4) is 0 Å². The Kier molecular flexibility index (Phi) is 3.78. The highest BCUT2D eigenvalue weighted by Gasteiger charge is 2.71. The molecule has 3 aromatic rings. The summed E-state index contributed by atoms with van der Waals surface area (Å²) in [5, 5.41) is 0. The van der Waals surface area contributed by atoms with Crippen molar-refractivity contribution in [3.05, 3.63) is 81.9 Å². The number of ketones is 1. The predicted octanol–water partition coefficient (Wildman–Crippen LogP) is 4.35. The smallest absolute Gasteiger partial charge is 0.171 e. The van der Waals surface area contributed by atoms with E-state index >= 15 is 0 Å². The minimum atomic E-state index is -0.615. The molecule has 0 saturated carbocycles. The molecule has 6 rings (SSSR count). The van der Waals surface area contributed by atoms with Crippen molar-refractivity contribution in [2.24, 2.45) is 5.41 Å². The molecule has 0 radical (unpaired) electrons. The largest absolute Gasteiger partial charge is 0.493 e. The SMILES string of the molecule is COc1cc2c(cc1OC)C13c4ccccc4CC1(C2)C(=O)c1cc(OC)c(OC)cc13. The fourth-order valence-corrected chi connectivity index (χ4v) is 6.61. The average Bonchev–Trinajstić information content (AvgIpc) is 3.35. The molecule has 0 bridgehead atoms. The van der Waals surface area contributed by atoms with Crippen LogP contribution in [0.4, 0.5) is 0 Å². The summed E-state index contributed by atoms with van der Waals surface area (Å²) < 4.78 is 22.5. The van der Waals surface area contributed by atoms with Crippen LogP contribution in [0.15, 0.2) is 48.5 Å². The van der Waals surface area contributed by atoms with Crippen LogP contribution in [0.25, 0.3) is 0 Å². The molecule has 5 heteroatoms. The Bertz CT molecular complexity index is 1310. The molecule has 0 spiro atoms. The summed E-state index contributed by atoms with van der Waals surface area (Å²) in [5.41, 5.74) is 5.15. The highest BCUT2D eigenvalue weighted by molar-refractivity contribution is 6.11. The lowest BCUT2D eigenvalue weighted by Gasteiger charge is -2.35. The minimum absolute atomic E-state index is 0.166. The van der Waals surface area contributed by atoms with Crippen molar-refractivity contribution >= 4 is 5.78 Å². The fourth-order valence-electron chi connectivity index (χ4n) is 6.61. The second-order valence-electron chi connectivity index (χ2n) is 8.79. The molecule has 0 aliphatic heterocycles. The Morgan fingerprint density at radius 1 is 0.656 bits per heavy atom. The van der Waals surface area contributed by atoms with Gasteiger partial charge in [-0.1, -0.05) is 24.3 Å². The lowest BCUT2D eigenvalue weighted by atomic mass is 9.64. The van der Waals surface area contributed by atoms with Gasteiger partial charge in [0.2, 0.25) is 0 Å². The summed E-state index contributed by atoms with van der Waals surface area (Å²) in [6.07, 6.45) is 1.34. The minimum Gasteiger partial charge on any atom is -0.493 e. The first-order valence-electron chi connectivity index (χ1n) is 10.7. The summed E-state index contributed by atoms with van der Waals surface area (Å²) in [6.45, 7) is 0. The standard InChI is InChI=1S/C27H24O5/c1-29-21-9-16-14-26-13-15-7-5-6-8-18(15)27(26,19(16)11-23(21)31-3)20-12-24(32-4)22(30-2)10-17(20)25(26)28/h5-12H,13-14H2,1-4H3. The van der Waals surface area contributed by atoms with Gasteiger partial charge in [0.1, 0.15) is 0 Å². The van der Waals surface area contributed by atoms with E-state index in [4.69, 9.17) is 18.9 Å². The first kappa shape index (κ1) is 19.2. The van der Waals surface area contributed by atoms with Gasteiger partial charge in [-0.15, -0.1) is 0 Å². The van der Waals surface area contributed by atoms with Crippen LogP contribution in [0.2, 0.25) is 0 Å². The third-order valence-corrected chi connectivity index (χ3v) is 7.74. The van der Waals surface area contributed by atoms with Gasteiger partial charge in [-0.25, -0.2) is 0 Å². The number of benzene rings is 3. The molecule has 162 valence electrons. The Morgan fingerprint density at radius 2 is 1.22 bits per heavy atom. The first-order valence-corrected chi connectivity index (χ1v) is 10.7. The molecule has 2 atom stereocenters. The van der Waals surface area contributed by atoms with Gasteiger partial charge in [0.05, 0.1) is 39.3 Å². The quantitative estimate of drug-likeness (QED) is 0.618. The summed E-state index contributed by atoms with van der Waals surface area (Å²) in [4.78, 5) is 14.2. The number of ether oxygens (including phenoxy) is 4. The third-order valence-electron chi connectivity index (χ3n) is 7.74. The molecule has 0 heterocycles. The van der Waals surface area contributed by atoms with Gasteiger partial charge in [-0.2, -0.15) is 0 Å². The van der Waals surface area contributed by atoms with Crippen LogP contribution in [0, 0.1) is 5.41 Å². The van der Waals surface area contributed by atoms with Crippen molar-refractivity contribution in [1.82, 2.24) is 0 Å². The molecule has 0 N–H and O–H groups in total. The lowest BCUT2D eigenvalue weighted by Crippen LogP contribution is -2.41. The number of carbonyl (C=O) groups is 1. The van der Waals surface area contributed by atoms with Crippen LogP contribution in [0.1, 0.15) is 38.2 Å². The van der Waals surface area contributed by atoms with Crippen LogP contribution in [-0.2, 0) is 18.3 Å². The molecule has 2 unspecified atom stereocenters. The maximum atomic E-state index is 14.2. The van der Waals surface area contributed by atoms with E-state index in [0.717, 1.165) is 22.3 Å². The number of hydrogen-bond acceptors (Lipinski definition) is 5. The van der Waals surface area contributed by atoms with Crippen LogP contribution >= 0.6 is 0 Å². The van der Waals surface area contributed by atoms with Crippen molar-refractivity contribution in [2.75, 3.05) is 28.4 Å². The van der Waals surface area contributed by atoms with Crippen molar-refractivity contribution in [3.63, 3.8) is 0 Å². The molecular formula is C27H24O5. The second kappa shape index (κ2) is 6.28. The van der Waals surface area contributed by atoms with Gasteiger partial charge in [0.25, 0.3) is 0 Å². The highest BCUT2D eigenvalue weighted by Crippen LogP contribution is 2.71. The monoisotopic (exact) mass is 428 g/mol. The molecule has 0 aromatic heterocycles. The molecule has 0 fully saturated rings. The summed E-state index contributed by atoms with van der Waals surface area (Å²) in [7, 11) is 6.52. The van der Waals surface area contributed by atoms with E-state index in [1.807, 2.05) is 18.2 Å². The number of rotatable bonds is 4. The topological polar surface area (TPSA) is 54.0 Å². The van der Waals surface area contributed by atoms with Gasteiger partial charge >= 0.3 is 0 Å². The maximum absolute atomic E-state index is 14.2.